The van der Waals surface area contributed by atoms with Crippen LogP contribution < -0.4 is 10.6 Å². The van der Waals surface area contributed by atoms with E-state index in [-0.39, 0.29) is 17.5 Å². The summed E-state index contributed by atoms with van der Waals surface area (Å²) in [5.74, 6) is -0.0745. The fraction of sp³-hybridized carbons (Fsp3) is 0.545. The van der Waals surface area contributed by atoms with E-state index >= 15 is 0 Å². The molecule has 1 saturated heterocycles. The highest BCUT2D eigenvalue weighted by Gasteiger charge is 2.31. The molecule has 0 spiro atoms. The molecule has 0 aromatic heterocycles. The molecule has 27 heavy (non-hydrogen) atoms. The largest absolute Gasteiger partial charge is 0.389 e. The zero-order chi connectivity index (χ0) is 19.2. The first kappa shape index (κ1) is 19.8. The summed E-state index contributed by atoms with van der Waals surface area (Å²) in [5.41, 5.74) is 2.61. The van der Waals surface area contributed by atoms with Crippen LogP contribution in [0.4, 0.5) is 0 Å². The van der Waals surface area contributed by atoms with Gasteiger partial charge in [-0.05, 0) is 51.4 Å². The second kappa shape index (κ2) is 9.29. The molecule has 1 saturated carbocycles. The van der Waals surface area contributed by atoms with Crippen LogP contribution >= 0.6 is 0 Å². The van der Waals surface area contributed by atoms with Crippen molar-refractivity contribution < 1.29 is 9.59 Å². The molecule has 0 bridgehead atoms. The minimum Gasteiger partial charge on any atom is -0.389 e. The molecule has 1 aromatic rings. The van der Waals surface area contributed by atoms with Gasteiger partial charge in [-0.3, -0.25) is 9.59 Å². The maximum absolute atomic E-state index is 12.5. The van der Waals surface area contributed by atoms with E-state index < -0.39 is 0 Å². The number of ketones is 2. The molecular weight excluding hydrogens is 338 g/mol. The summed E-state index contributed by atoms with van der Waals surface area (Å²) in [6, 6.07) is 8.78. The zero-order valence-corrected chi connectivity index (χ0v) is 16.5. The van der Waals surface area contributed by atoms with E-state index in [9.17, 15) is 9.59 Å². The molecule has 2 aliphatic rings. The van der Waals surface area contributed by atoms with E-state index in [1.54, 1.807) is 6.20 Å². The van der Waals surface area contributed by atoms with Crippen molar-refractivity contribution >= 4 is 11.6 Å². The van der Waals surface area contributed by atoms with Gasteiger partial charge >= 0.3 is 0 Å². The van der Waals surface area contributed by atoms with Crippen molar-refractivity contribution in [3.63, 3.8) is 0 Å². The van der Waals surface area contributed by atoms with Gasteiger partial charge in [-0.15, -0.1) is 0 Å². The molecule has 1 aliphatic carbocycles. The summed E-state index contributed by atoms with van der Waals surface area (Å²) in [6.45, 7) is 5.93. The molecular formula is C22H31N3O2. The fourth-order valence-corrected chi connectivity index (χ4v) is 3.97. The molecule has 5 heteroatoms. The number of Topliss-reactive ketones (excluding diaryl/α,β-unsaturated/α-hetero) is 2. The Bertz CT molecular complexity index is 668. The number of rotatable bonds is 6. The molecule has 1 aromatic carbocycles. The minimum absolute atomic E-state index is 0.0104. The van der Waals surface area contributed by atoms with E-state index in [1.165, 1.54) is 18.4 Å². The third kappa shape index (κ3) is 5.27. The highest BCUT2D eigenvalue weighted by atomic mass is 16.1. The highest BCUT2D eigenvalue weighted by molar-refractivity contribution is 6.22. The van der Waals surface area contributed by atoms with E-state index in [0.29, 0.717) is 24.5 Å². The number of allylic oxidation sites excluding steroid dienone is 1. The average Bonchev–Trinajstić information content (AvgIpc) is 2.67. The van der Waals surface area contributed by atoms with Crippen LogP contribution in [-0.2, 0) is 9.59 Å². The van der Waals surface area contributed by atoms with Gasteiger partial charge in [0.1, 0.15) is 0 Å². The standard InChI is InChI=1S/C22H31N3O2/c1-16-3-5-17(6-4-16)18-13-21(26)20(22(27)14-18)15-24-9-12-25-10-7-19(23-2)8-11-25/h3-6,15,18-19,23-24H,7-14H2,1-2H3. The van der Waals surface area contributed by atoms with Crippen LogP contribution in [0.2, 0.25) is 0 Å². The summed E-state index contributed by atoms with van der Waals surface area (Å²) >= 11 is 0. The van der Waals surface area contributed by atoms with Crippen molar-refractivity contribution in [2.45, 2.75) is 44.6 Å². The molecule has 0 amide bonds. The molecule has 1 aliphatic heterocycles. The van der Waals surface area contributed by atoms with Crippen LogP contribution in [0.25, 0.3) is 0 Å². The predicted octanol–water partition coefficient (Wildman–Crippen LogP) is 2.17. The Hall–Kier alpha value is -1.98. The van der Waals surface area contributed by atoms with Crippen LogP contribution in [0, 0.1) is 6.92 Å². The third-order valence-electron chi connectivity index (χ3n) is 5.83. The Morgan fingerprint density at radius 2 is 1.70 bits per heavy atom. The first-order chi connectivity index (χ1) is 13.1. The van der Waals surface area contributed by atoms with Crippen molar-refractivity contribution in [3.8, 4) is 0 Å². The normalized spacial score (nSPS) is 22.1. The molecule has 3 rings (SSSR count). The number of carbonyl (C=O) groups excluding carboxylic acids is 2. The van der Waals surface area contributed by atoms with Crippen molar-refractivity contribution in [2.75, 3.05) is 33.2 Å². The first-order valence-corrected chi connectivity index (χ1v) is 10.0. The van der Waals surface area contributed by atoms with Crippen LogP contribution in [0.3, 0.4) is 0 Å². The topological polar surface area (TPSA) is 61.4 Å². The van der Waals surface area contributed by atoms with Gasteiger partial charge in [-0.2, -0.15) is 0 Å². The van der Waals surface area contributed by atoms with Gasteiger partial charge in [-0.25, -0.2) is 0 Å². The summed E-state index contributed by atoms with van der Waals surface area (Å²) < 4.78 is 0. The lowest BCUT2D eigenvalue weighted by Crippen LogP contribution is -2.43. The fourth-order valence-electron chi connectivity index (χ4n) is 3.97. The molecule has 0 atom stereocenters. The summed E-state index contributed by atoms with van der Waals surface area (Å²) in [6.07, 6.45) is 4.83. The van der Waals surface area contributed by atoms with Gasteiger partial charge in [0.2, 0.25) is 0 Å². The van der Waals surface area contributed by atoms with Gasteiger partial charge < -0.3 is 15.5 Å². The second-order valence-corrected chi connectivity index (χ2v) is 7.78. The summed E-state index contributed by atoms with van der Waals surface area (Å²) in [7, 11) is 2.02. The van der Waals surface area contributed by atoms with Gasteiger partial charge in [0.25, 0.3) is 0 Å². The highest BCUT2D eigenvalue weighted by Crippen LogP contribution is 2.31. The number of piperidine rings is 1. The lowest BCUT2D eigenvalue weighted by atomic mass is 9.80. The number of benzene rings is 1. The monoisotopic (exact) mass is 369 g/mol. The van der Waals surface area contributed by atoms with Crippen LogP contribution in [-0.4, -0.2) is 55.7 Å². The number of carbonyl (C=O) groups is 2. The molecule has 2 fully saturated rings. The zero-order valence-electron chi connectivity index (χ0n) is 16.5. The summed E-state index contributed by atoms with van der Waals surface area (Å²) in [5, 5.41) is 6.53. The van der Waals surface area contributed by atoms with Gasteiger partial charge in [0.05, 0.1) is 5.57 Å². The predicted molar refractivity (Wildman–Crippen MR) is 108 cm³/mol. The molecule has 146 valence electrons. The lowest BCUT2D eigenvalue weighted by Gasteiger charge is -2.31. The second-order valence-electron chi connectivity index (χ2n) is 7.78. The van der Waals surface area contributed by atoms with Crippen LogP contribution in [0.5, 0.6) is 0 Å². The number of nitrogens with zero attached hydrogens (tertiary/aromatic N) is 1. The number of hydrogen-bond acceptors (Lipinski definition) is 5. The van der Waals surface area contributed by atoms with Crippen LogP contribution in [0.15, 0.2) is 36.0 Å². The molecule has 0 radical (unpaired) electrons. The molecule has 2 N–H and O–H groups in total. The minimum atomic E-state index is -0.0424. The van der Waals surface area contributed by atoms with E-state index in [2.05, 4.69) is 15.5 Å². The van der Waals surface area contributed by atoms with E-state index in [1.807, 2.05) is 38.2 Å². The molecule has 0 unspecified atom stereocenters. The van der Waals surface area contributed by atoms with E-state index in [0.717, 1.165) is 31.7 Å². The van der Waals surface area contributed by atoms with Crippen LogP contribution in [0.1, 0.15) is 42.7 Å². The average molecular weight is 370 g/mol. The third-order valence-corrected chi connectivity index (χ3v) is 5.83. The van der Waals surface area contributed by atoms with Gasteiger partial charge in [0, 0.05) is 38.2 Å². The van der Waals surface area contributed by atoms with E-state index in [4.69, 9.17) is 0 Å². The van der Waals surface area contributed by atoms with Gasteiger partial charge in [-0.1, -0.05) is 29.8 Å². The number of nitrogens with one attached hydrogen (secondary N) is 2. The van der Waals surface area contributed by atoms with Crippen molar-refractivity contribution in [3.05, 3.63) is 47.2 Å². The smallest absolute Gasteiger partial charge is 0.168 e. The van der Waals surface area contributed by atoms with Gasteiger partial charge in [0.15, 0.2) is 11.6 Å². The quantitative estimate of drug-likeness (QED) is 0.457. The Morgan fingerprint density at radius 1 is 1.07 bits per heavy atom. The number of likely N-dealkylation sites (tertiary alicyclic amines) is 1. The number of hydrogen-bond donors (Lipinski definition) is 2. The van der Waals surface area contributed by atoms with Crippen molar-refractivity contribution in [2.24, 2.45) is 0 Å². The Labute approximate surface area is 162 Å². The Balaban J connectivity index is 1.47. The SMILES string of the molecule is CNC1CCN(CCNC=C2C(=O)CC(c3ccc(C)cc3)CC2=O)CC1. The first-order valence-electron chi connectivity index (χ1n) is 10.0. The Kier molecular flexibility index (Phi) is 6.80. The number of aryl methyl sites for hydroxylation is 1. The maximum atomic E-state index is 12.5. The molecule has 5 nitrogen and oxygen atoms in total. The summed E-state index contributed by atoms with van der Waals surface area (Å²) in [4.78, 5) is 27.4. The van der Waals surface area contributed by atoms with Crippen molar-refractivity contribution in [1.82, 2.24) is 15.5 Å². The van der Waals surface area contributed by atoms with Crippen molar-refractivity contribution in [1.29, 1.82) is 0 Å². The maximum Gasteiger partial charge on any atom is 0.168 e. The lowest BCUT2D eigenvalue weighted by molar-refractivity contribution is -0.124. The molecule has 1 heterocycles. The Morgan fingerprint density at radius 3 is 2.30 bits per heavy atom.